The maximum Gasteiger partial charge on any atom is 0.119 e. The molecule has 1 aromatic carbocycles. The minimum Gasteiger partial charge on any atom is -0.493 e. The molecular weight excluding hydrogens is 250 g/mol. The van der Waals surface area contributed by atoms with Gasteiger partial charge >= 0.3 is 0 Å². The number of hydrogen-bond acceptors (Lipinski definition) is 5. The number of rotatable bonds is 9. The predicted octanol–water partition coefficient (Wildman–Crippen LogP) is 1.52. The van der Waals surface area contributed by atoms with E-state index in [0.717, 1.165) is 17.3 Å². The molecule has 0 bridgehead atoms. The van der Waals surface area contributed by atoms with E-state index in [0.29, 0.717) is 12.4 Å². The highest BCUT2D eigenvalue weighted by molar-refractivity contribution is 7.99. The second-order valence-corrected chi connectivity index (χ2v) is 5.11. The third kappa shape index (κ3) is 6.14. The zero-order valence-electron chi connectivity index (χ0n) is 10.7. The van der Waals surface area contributed by atoms with Gasteiger partial charge in [-0.3, -0.25) is 0 Å². The van der Waals surface area contributed by atoms with E-state index >= 15 is 0 Å². The standard InChI is InChI=1S/C13H21NO3S/c1-2-18-8-7-16-12-3-5-13(6-4-12)17-10-11(15)9-14/h3-6,11,15H,2,7-10,14H2,1H3. The lowest BCUT2D eigenvalue weighted by atomic mass is 10.3. The minimum absolute atomic E-state index is 0.205. The molecule has 0 spiro atoms. The summed E-state index contributed by atoms with van der Waals surface area (Å²) >= 11 is 1.86. The van der Waals surface area contributed by atoms with Crippen LogP contribution in [0.2, 0.25) is 0 Å². The molecule has 0 aliphatic heterocycles. The Morgan fingerprint density at radius 3 is 2.39 bits per heavy atom. The molecule has 0 heterocycles. The molecule has 0 saturated carbocycles. The molecule has 0 amide bonds. The van der Waals surface area contributed by atoms with Crippen LogP contribution in [0.25, 0.3) is 0 Å². The molecular formula is C13H21NO3S. The van der Waals surface area contributed by atoms with Crippen molar-refractivity contribution in [1.29, 1.82) is 0 Å². The van der Waals surface area contributed by atoms with Crippen molar-refractivity contribution in [3.63, 3.8) is 0 Å². The maximum absolute atomic E-state index is 9.26. The van der Waals surface area contributed by atoms with Gasteiger partial charge in [-0.2, -0.15) is 11.8 Å². The molecule has 0 aliphatic rings. The van der Waals surface area contributed by atoms with Crippen molar-refractivity contribution in [2.24, 2.45) is 5.73 Å². The Kier molecular flexibility index (Phi) is 7.64. The fraction of sp³-hybridized carbons (Fsp3) is 0.538. The van der Waals surface area contributed by atoms with E-state index in [-0.39, 0.29) is 13.2 Å². The third-order valence-corrected chi connectivity index (χ3v) is 3.10. The van der Waals surface area contributed by atoms with Gasteiger partial charge in [-0.25, -0.2) is 0 Å². The molecule has 0 fully saturated rings. The van der Waals surface area contributed by atoms with E-state index in [1.807, 2.05) is 36.0 Å². The van der Waals surface area contributed by atoms with Crippen LogP contribution in [0.1, 0.15) is 6.92 Å². The fourth-order valence-corrected chi connectivity index (χ4v) is 1.75. The molecule has 5 heteroatoms. The molecule has 1 aromatic rings. The van der Waals surface area contributed by atoms with Crippen LogP contribution in [0.5, 0.6) is 11.5 Å². The summed E-state index contributed by atoms with van der Waals surface area (Å²) in [6.07, 6.45) is -0.619. The Morgan fingerprint density at radius 2 is 1.83 bits per heavy atom. The lowest BCUT2D eigenvalue weighted by molar-refractivity contribution is 0.114. The highest BCUT2D eigenvalue weighted by Gasteiger charge is 2.02. The lowest BCUT2D eigenvalue weighted by Crippen LogP contribution is -2.26. The molecule has 0 saturated heterocycles. The Labute approximate surface area is 112 Å². The van der Waals surface area contributed by atoms with Crippen LogP contribution >= 0.6 is 11.8 Å². The first-order valence-corrected chi connectivity index (χ1v) is 7.23. The van der Waals surface area contributed by atoms with Crippen LogP contribution in [-0.2, 0) is 0 Å². The van der Waals surface area contributed by atoms with Crippen molar-refractivity contribution >= 4 is 11.8 Å². The van der Waals surface area contributed by atoms with E-state index < -0.39 is 6.10 Å². The molecule has 0 radical (unpaired) electrons. The van der Waals surface area contributed by atoms with Gasteiger partial charge in [0.15, 0.2) is 0 Å². The normalized spacial score (nSPS) is 12.2. The highest BCUT2D eigenvalue weighted by Crippen LogP contribution is 2.17. The third-order valence-electron chi connectivity index (χ3n) is 2.24. The van der Waals surface area contributed by atoms with Crippen LogP contribution in [0.3, 0.4) is 0 Å². The number of ether oxygens (including phenoxy) is 2. The number of hydrogen-bond donors (Lipinski definition) is 2. The smallest absolute Gasteiger partial charge is 0.119 e. The summed E-state index contributed by atoms with van der Waals surface area (Å²) in [5, 5.41) is 9.26. The average molecular weight is 271 g/mol. The average Bonchev–Trinajstić information content (AvgIpc) is 2.42. The van der Waals surface area contributed by atoms with Gasteiger partial charge in [-0.05, 0) is 30.0 Å². The second-order valence-electron chi connectivity index (χ2n) is 3.72. The highest BCUT2D eigenvalue weighted by atomic mass is 32.2. The van der Waals surface area contributed by atoms with Gasteiger partial charge in [-0.15, -0.1) is 0 Å². The van der Waals surface area contributed by atoms with E-state index in [9.17, 15) is 5.11 Å². The van der Waals surface area contributed by atoms with Gasteiger partial charge in [0.05, 0.1) is 6.61 Å². The Bertz CT molecular complexity index is 319. The number of thioether (sulfide) groups is 1. The summed E-state index contributed by atoms with van der Waals surface area (Å²) in [5.74, 6) is 3.65. The molecule has 4 nitrogen and oxygen atoms in total. The van der Waals surface area contributed by atoms with Crippen LogP contribution in [0.4, 0.5) is 0 Å². The van der Waals surface area contributed by atoms with Crippen molar-refractivity contribution < 1.29 is 14.6 Å². The van der Waals surface area contributed by atoms with E-state index in [1.165, 1.54) is 0 Å². The lowest BCUT2D eigenvalue weighted by Gasteiger charge is -2.11. The maximum atomic E-state index is 9.26. The van der Waals surface area contributed by atoms with Gasteiger partial charge in [0.25, 0.3) is 0 Å². The Morgan fingerprint density at radius 1 is 1.22 bits per heavy atom. The summed E-state index contributed by atoms with van der Waals surface area (Å²) in [7, 11) is 0. The summed E-state index contributed by atoms with van der Waals surface area (Å²) in [6.45, 7) is 3.26. The van der Waals surface area contributed by atoms with Crippen LogP contribution < -0.4 is 15.2 Å². The molecule has 1 atom stereocenters. The molecule has 0 aromatic heterocycles. The monoisotopic (exact) mass is 271 g/mol. The van der Waals surface area contributed by atoms with Crippen LogP contribution in [-0.4, -0.2) is 42.5 Å². The van der Waals surface area contributed by atoms with Crippen molar-refractivity contribution in [1.82, 2.24) is 0 Å². The molecule has 0 aliphatic carbocycles. The molecule has 18 heavy (non-hydrogen) atoms. The number of aliphatic hydroxyl groups is 1. The van der Waals surface area contributed by atoms with E-state index in [2.05, 4.69) is 6.92 Å². The molecule has 1 rings (SSSR count). The fourth-order valence-electron chi connectivity index (χ4n) is 1.26. The number of benzene rings is 1. The van der Waals surface area contributed by atoms with E-state index in [4.69, 9.17) is 15.2 Å². The predicted molar refractivity (Wildman–Crippen MR) is 75.5 cm³/mol. The quantitative estimate of drug-likeness (QED) is 0.667. The summed E-state index contributed by atoms with van der Waals surface area (Å²) in [4.78, 5) is 0. The summed E-state index contributed by atoms with van der Waals surface area (Å²) < 4.78 is 10.9. The zero-order chi connectivity index (χ0) is 13.2. The van der Waals surface area contributed by atoms with E-state index in [1.54, 1.807) is 0 Å². The van der Waals surface area contributed by atoms with Crippen LogP contribution in [0, 0.1) is 0 Å². The number of nitrogens with two attached hydrogens (primary N) is 1. The van der Waals surface area contributed by atoms with Crippen molar-refractivity contribution in [2.75, 3.05) is 31.3 Å². The number of aliphatic hydroxyl groups excluding tert-OH is 1. The molecule has 3 N–H and O–H groups in total. The summed E-state index contributed by atoms with van der Waals surface area (Å²) in [5.41, 5.74) is 5.29. The largest absolute Gasteiger partial charge is 0.493 e. The Balaban J connectivity index is 2.28. The second kappa shape index (κ2) is 9.08. The van der Waals surface area contributed by atoms with Crippen molar-refractivity contribution in [2.45, 2.75) is 13.0 Å². The summed E-state index contributed by atoms with van der Waals surface area (Å²) in [6, 6.07) is 7.37. The van der Waals surface area contributed by atoms with Crippen LogP contribution in [0.15, 0.2) is 24.3 Å². The first kappa shape index (κ1) is 15.1. The minimum atomic E-state index is -0.619. The van der Waals surface area contributed by atoms with Gasteiger partial charge in [0.2, 0.25) is 0 Å². The van der Waals surface area contributed by atoms with Gasteiger partial charge in [0, 0.05) is 12.3 Å². The van der Waals surface area contributed by atoms with Crippen molar-refractivity contribution in [3.8, 4) is 11.5 Å². The van der Waals surface area contributed by atoms with Gasteiger partial charge < -0.3 is 20.3 Å². The Hall–Kier alpha value is -0.910. The SMILES string of the molecule is CCSCCOc1ccc(OCC(O)CN)cc1. The first-order chi connectivity index (χ1) is 8.76. The molecule has 1 unspecified atom stereocenters. The topological polar surface area (TPSA) is 64.7 Å². The molecule has 102 valence electrons. The first-order valence-electron chi connectivity index (χ1n) is 6.07. The van der Waals surface area contributed by atoms with Gasteiger partial charge in [0.1, 0.15) is 24.2 Å². The zero-order valence-corrected chi connectivity index (χ0v) is 11.5. The van der Waals surface area contributed by atoms with Gasteiger partial charge in [-0.1, -0.05) is 6.92 Å². The van der Waals surface area contributed by atoms with Crippen molar-refractivity contribution in [3.05, 3.63) is 24.3 Å².